The lowest BCUT2D eigenvalue weighted by molar-refractivity contribution is 0.979. The standard InChI is InChI=1S/C60H41N3/c1-4-14-40(15-5-1)42-26-32-47(33-27-42)61(57-25-13-23-53-52-22-12-21-51-49-20-10-11-24-55(49)63(59(51)52)60(53)57)48-34-28-43(29-35-48)45-30-36-50-54-38-44(41-16-6-2-7-17-41)31-37-56(54)62(58(50)39-45)46-18-8-3-9-19-46/h1-8,10-18,20-39H,9,19H2. The van der Waals surface area contributed by atoms with Crippen molar-refractivity contribution in [3.8, 4) is 33.4 Å². The maximum atomic E-state index is 2.50. The fraction of sp³-hybridized carbons (Fsp3) is 0.0333. The molecule has 1 aliphatic rings. The maximum Gasteiger partial charge on any atom is 0.0782 e. The van der Waals surface area contributed by atoms with E-state index in [4.69, 9.17) is 0 Å². The van der Waals surface area contributed by atoms with Gasteiger partial charge in [-0.05, 0) is 107 Å². The van der Waals surface area contributed by atoms with E-state index in [0.717, 1.165) is 29.9 Å². The Morgan fingerprint density at radius 2 is 0.905 bits per heavy atom. The molecular weight excluding hydrogens is 763 g/mol. The van der Waals surface area contributed by atoms with E-state index in [-0.39, 0.29) is 0 Å². The summed E-state index contributed by atoms with van der Waals surface area (Å²) in [6.07, 6.45) is 8.82. The first kappa shape index (κ1) is 35.6. The molecule has 3 heteroatoms. The fourth-order valence-corrected chi connectivity index (χ4v) is 10.4. The van der Waals surface area contributed by atoms with Crippen LogP contribution in [0.25, 0.3) is 99.0 Å². The maximum absolute atomic E-state index is 2.50. The lowest BCUT2D eigenvalue weighted by Crippen LogP contribution is -2.11. The minimum atomic E-state index is 1.01. The zero-order valence-electron chi connectivity index (χ0n) is 34.6. The third kappa shape index (κ3) is 5.60. The van der Waals surface area contributed by atoms with Gasteiger partial charge in [-0.1, -0.05) is 164 Å². The van der Waals surface area contributed by atoms with Gasteiger partial charge in [0, 0.05) is 49.4 Å². The molecule has 0 spiro atoms. The van der Waals surface area contributed by atoms with Gasteiger partial charge in [0.15, 0.2) is 0 Å². The first-order valence-electron chi connectivity index (χ1n) is 22.0. The van der Waals surface area contributed by atoms with Crippen LogP contribution in [0.5, 0.6) is 0 Å². The van der Waals surface area contributed by atoms with Crippen LogP contribution in [0.1, 0.15) is 12.8 Å². The van der Waals surface area contributed by atoms with Crippen molar-refractivity contribution in [2.45, 2.75) is 12.8 Å². The van der Waals surface area contributed by atoms with Crippen molar-refractivity contribution in [1.29, 1.82) is 0 Å². The Labute approximate surface area is 365 Å². The van der Waals surface area contributed by atoms with Crippen molar-refractivity contribution in [3.63, 3.8) is 0 Å². The summed E-state index contributed by atoms with van der Waals surface area (Å²) in [4.78, 5) is 2.44. The molecule has 0 saturated carbocycles. The Balaban J connectivity index is 0.976. The van der Waals surface area contributed by atoms with Crippen LogP contribution in [-0.4, -0.2) is 8.97 Å². The first-order valence-corrected chi connectivity index (χ1v) is 22.0. The van der Waals surface area contributed by atoms with E-state index < -0.39 is 0 Å². The Hall–Kier alpha value is -8.14. The molecule has 3 heterocycles. The number of fused-ring (bicyclic) bond motifs is 9. The Morgan fingerprint density at radius 1 is 0.365 bits per heavy atom. The lowest BCUT2D eigenvalue weighted by Gasteiger charge is -2.27. The molecule has 3 nitrogen and oxygen atoms in total. The van der Waals surface area contributed by atoms with Crippen LogP contribution in [0.4, 0.5) is 17.1 Å². The molecule has 0 radical (unpaired) electrons. The molecule has 12 aromatic rings. The van der Waals surface area contributed by atoms with Gasteiger partial charge in [-0.25, -0.2) is 0 Å². The van der Waals surface area contributed by atoms with Crippen molar-refractivity contribution in [1.82, 2.24) is 8.97 Å². The van der Waals surface area contributed by atoms with E-state index in [0.29, 0.717) is 0 Å². The fourth-order valence-electron chi connectivity index (χ4n) is 10.4. The number of allylic oxidation sites excluding steroid dienone is 4. The second kappa shape index (κ2) is 14.2. The number of para-hydroxylation sites is 3. The van der Waals surface area contributed by atoms with Gasteiger partial charge < -0.3 is 13.9 Å². The number of benzene rings is 9. The van der Waals surface area contributed by atoms with E-state index in [9.17, 15) is 0 Å². The molecule has 1 aliphatic carbocycles. The molecule has 9 aromatic carbocycles. The zero-order valence-corrected chi connectivity index (χ0v) is 34.6. The van der Waals surface area contributed by atoms with Crippen molar-refractivity contribution in [3.05, 3.63) is 224 Å². The molecule has 0 aliphatic heterocycles. The molecule has 0 bridgehead atoms. The van der Waals surface area contributed by atoms with E-state index in [1.54, 1.807) is 0 Å². The lowest BCUT2D eigenvalue weighted by atomic mass is 10.0. The normalized spacial score (nSPS) is 13.0. The number of nitrogens with zero attached hydrogens (tertiary/aromatic N) is 3. The summed E-state index contributed by atoms with van der Waals surface area (Å²) in [5, 5.41) is 7.65. The van der Waals surface area contributed by atoms with Gasteiger partial charge in [0.1, 0.15) is 0 Å². The Morgan fingerprint density at radius 3 is 1.62 bits per heavy atom. The molecular formula is C60H41N3. The summed E-state index contributed by atoms with van der Waals surface area (Å²) in [5.74, 6) is 0. The summed E-state index contributed by atoms with van der Waals surface area (Å²) >= 11 is 0. The summed E-state index contributed by atoms with van der Waals surface area (Å²) in [6, 6.07) is 75.9. The molecule has 13 rings (SSSR count). The molecule has 63 heavy (non-hydrogen) atoms. The first-order chi connectivity index (χ1) is 31.3. The second-order valence-electron chi connectivity index (χ2n) is 16.8. The second-order valence-corrected chi connectivity index (χ2v) is 16.8. The van der Waals surface area contributed by atoms with Gasteiger partial charge in [-0.15, -0.1) is 0 Å². The Kier molecular flexibility index (Phi) is 8.04. The molecule has 0 fully saturated rings. The van der Waals surface area contributed by atoms with E-state index in [2.05, 4.69) is 238 Å². The predicted octanol–water partition coefficient (Wildman–Crippen LogP) is 16.6. The van der Waals surface area contributed by atoms with Crippen LogP contribution in [-0.2, 0) is 0 Å². The highest BCUT2D eigenvalue weighted by molar-refractivity contribution is 6.25. The Bertz CT molecular complexity index is 3760. The van der Waals surface area contributed by atoms with Crippen LogP contribution in [0.2, 0.25) is 0 Å². The third-order valence-corrected chi connectivity index (χ3v) is 13.3. The molecule has 3 aromatic heterocycles. The minimum Gasteiger partial charge on any atom is -0.313 e. The van der Waals surface area contributed by atoms with Crippen LogP contribution >= 0.6 is 0 Å². The molecule has 0 amide bonds. The monoisotopic (exact) mass is 803 g/mol. The van der Waals surface area contributed by atoms with Gasteiger partial charge >= 0.3 is 0 Å². The number of aromatic nitrogens is 2. The number of hydrogen-bond donors (Lipinski definition) is 0. The minimum absolute atomic E-state index is 1.01. The summed E-state index contributed by atoms with van der Waals surface area (Å²) in [6.45, 7) is 0. The van der Waals surface area contributed by atoms with Crippen LogP contribution < -0.4 is 4.90 Å². The van der Waals surface area contributed by atoms with Crippen LogP contribution in [0, 0.1) is 0 Å². The summed E-state index contributed by atoms with van der Waals surface area (Å²) in [5.41, 5.74) is 18.1. The van der Waals surface area contributed by atoms with Gasteiger partial charge in [-0.3, -0.25) is 0 Å². The van der Waals surface area contributed by atoms with E-state index in [1.807, 2.05) is 0 Å². The van der Waals surface area contributed by atoms with Gasteiger partial charge in [-0.2, -0.15) is 0 Å². The van der Waals surface area contributed by atoms with Gasteiger partial charge in [0.05, 0.1) is 33.3 Å². The highest BCUT2D eigenvalue weighted by atomic mass is 15.2. The van der Waals surface area contributed by atoms with Gasteiger partial charge in [0.25, 0.3) is 0 Å². The van der Waals surface area contributed by atoms with E-state index in [1.165, 1.54) is 99.0 Å². The van der Waals surface area contributed by atoms with E-state index >= 15 is 0 Å². The molecule has 0 atom stereocenters. The number of hydrogen-bond acceptors (Lipinski definition) is 1. The van der Waals surface area contributed by atoms with Crippen molar-refractivity contribution in [2.24, 2.45) is 0 Å². The topological polar surface area (TPSA) is 12.6 Å². The number of rotatable bonds is 7. The van der Waals surface area contributed by atoms with Crippen LogP contribution in [0.15, 0.2) is 224 Å². The summed E-state index contributed by atoms with van der Waals surface area (Å²) in [7, 11) is 0. The molecule has 0 N–H and O–H groups in total. The van der Waals surface area contributed by atoms with Gasteiger partial charge in [0.2, 0.25) is 0 Å². The van der Waals surface area contributed by atoms with Crippen molar-refractivity contribution < 1.29 is 0 Å². The highest BCUT2D eigenvalue weighted by Crippen LogP contribution is 2.46. The largest absolute Gasteiger partial charge is 0.313 e. The molecule has 0 saturated heterocycles. The average molecular weight is 804 g/mol. The van der Waals surface area contributed by atoms with Crippen molar-refractivity contribution >= 4 is 82.7 Å². The van der Waals surface area contributed by atoms with Crippen LogP contribution in [0.3, 0.4) is 0 Å². The summed E-state index contributed by atoms with van der Waals surface area (Å²) < 4.78 is 5.00. The smallest absolute Gasteiger partial charge is 0.0782 e. The SMILES string of the molecule is C1=CCCC(n2c3ccc(-c4ccccc4)cc3c3ccc(-c4ccc(N(c5ccc(-c6ccccc6)cc5)c5cccc6c7cccc8c9ccccc9n(c56)c87)cc4)cc32)=C1. The average Bonchev–Trinajstić information content (AvgIpc) is 4.00. The quantitative estimate of drug-likeness (QED) is 0.156. The third-order valence-electron chi connectivity index (χ3n) is 13.3. The zero-order chi connectivity index (χ0) is 41.4. The number of anilines is 3. The molecule has 296 valence electrons. The predicted molar refractivity (Wildman–Crippen MR) is 268 cm³/mol. The molecule has 0 unspecified atom stereocenters. The van der Waals surface area contributed by atoms with Crippen molar-refractivity contribution in [2.75, 3.05) is 4.90 Å². The highest BCUT2D eigenvalue weighted by Gasteiger charge is 2.24.